The Bertz CT molecular complexity index is 193. The Morgan fingerprint density at radius 3 is 2.27 bits per heavy atom. The van der Waals surface area contributed by atoms with Crippen LogP contribution in [0.3, 0.4) is 0 Å². The topological polar surface area (TPSA) is 3.88 Å². The Morgan fingerprint density at radius 1 is 1.27 bits per heavy atom. The molecule has 0 saturated heterocycles. The summed E-state index contributed by atoms with van der Waals surface area (Å²) in [6.07, 6.45) is 5.45. The first-order chi connectivity index (χ1) is 4.83. The zero-order chi connectivity index (χ0) is 7.40. The highest BCUT2D eigenvalue weighted by molar-refractivity contribution is 5.03. The van der Waals surface area contributed by atoms with Gasteiger partial charge in [-0.05, 0) is 12.5 Å². The van der Waals surface area contributed by atoms with Gasteiger partial charge in [0.15, 0.2) is 12.4 Å². The summed E-state index contributed by atoms with van der Waals surface area (Å²) in [6, 6.07) is 4.27. The van der Waals surface area contributed by atoms with E-state index in [2.05, 4.69) is 42.9 Å². The Kier molecular flexibility index (Phi) is 4.42. The van der Waals surface area contributed by atoms with Gasteiger partial charge in [0.1, 0.15) is 6.54 Å². The van der Waals surface area contributed by atoms with E-state index in [1.165, 1.54) is 12.0 Å². The van der Waals surface area contributed by atoms with Crippen molar-refractivity contribution in [3.8, 4) is 0 Å². The molecule has 0 spiro atoms. The highest BCUT2D eigenvalue weighted by atomic mass is 19.0. The number of aryl methyl sites for hydroxylation is 2. The van der Waals surface area contributed by atoms with Crippen molar-refractivity contribution in [2.45, 2.75) is 26.8 Å². The van der Waals surface area contributed by atoms with Gasteiger partial charge in [-0.15, -0.1) is 0 Å². The van der Waals surface area contributed by atoms with Crippen molar-refractivity contribution < 1.29 is 9.27 Å². The molecule has 1 rings (SSSR count). The number of halogens is 1. The van der Waals surface area contributed by atoms with Gasteiger partial charge >= 0.3 is 0 Å². The molecule has 2 heteroatoms. The lowest BCUT2D eigenvalue weighted by molar-refractivity contribution is -0.697. The maximum absolute atomic E-state index is 2.20. The predicted molar refractivity (Wildman–Crippen MR) is 41.7 cm³/mol. The second kappa shape index (κ2) is 4.83. The van der Waals surface area contributed by atoms with Crippen LogP contribution >= 0.6 is 0 Å². The number of nitrogens with zero attached hydrogens (tertiary/aromatic N) is 1. The average molecular weight is 155 g/mol. The third-order valence-corrected chi connectivity index (χ3v) is 1.54. The van der Waals surface area contributed by atoms with Crippen molar-refractivity contribution in [1.82, 2.24) is 0 Å². The number of rotatable bonds is 2. The fourth-order valence-corrected chi connectivity index (χ4v) is 0.939. The summed E-state index contributed by atoms with van der Waals surface area (Å²) in [5.74, 6) is 0. The first-order valence-corrected chi connectivity index (χ1v) is 3.78. The van der Waals surface area contributed by atoms with E-state index in [0.29, 0.717) is 0 Å². The lowest BCUT2D eigenvalue weighted by Gasteiger charge is -1.92. The van der Waals surface area contributed by atoms with E-state index in [4.69, 9.17) is 0 Å². The van der Waals surface area contributed by atoms with Crippen molar-refractivity contribution in [2.24, 2.45) is 0 Å². The van der Waals surface area contributed by atoms with Crippen molar-refractivity contribution in [3.05, 3.63) is 30.1 Å². The minimum Gasteiger partial charge on any atom is -1.00 e. The second-order valence-corrected chi connectivity index (χ2v) is 2.61. The Hall–Kier alpha value is -0.920. The molecular formula is C9H14FN. The SMILES string of the molecule is CCC[n+]1ccc(C)cc1.[F-]. The van der Waals surface area contributed by atoms with Crippen LogP contribution in [0.25, 0.3) is 0 Å². The van der Waals surface area contributed by atoms with Gasteiger partial charge in [0.2, 0.25) is 0 Å². The van der Waals surface area contributed by atoms with E-state index in [-0.39, 0.29) is 4.70 Å². The third-order valence-electron chi connectivity index (χ3n) is 1.54. The minimum absolute atomic E-state index is 0. The van der Waals surface area contributed by atoms with Crippen molar-refractivity contribution in [2.75, 3.05) is 0 Å². The van der Waals surface area contributed by atoms with Crippen LogP contribution in [0.15, 0.2) is 24.5 Å². The van der Waals surface area contributed by atoms with Crippen LogP contribution in [-0.2, 0) is 6.54 Å². The number of hydrogen-bond acceptors (Lipinski definition) is 0. The second-order valence-electron chi connectivity index (χ2n) is 2.61. The van der Waals surface area contributed by atoms with Gasteiger partial charge in [0.25, 0.3) is 0 Å². The molecule has 0 fully saturated rings. The fourth-order valence-electron chi connectivity index (χ4n) is 0.939. The number of aromatic nitrogens is 1. The van der Waals surface area contributed by atoms with Crippen molar-refractivity contribution >= 4 is 0 Å². The molecule has 0 aromatic carbocycles. The van der Waals surface area contributed by atoms with Crippen molar-refractivity contribution in [1.29, 1.82) is 0 Å². The monoisotopic (exact) mass is 155 g/mol. The lowest BCUT2D eigenvalue weighted by Crippen LogP contribution is -3.00. The van der Waals surface area contributed by atoms with Gasteiger partial charge in [-0.3, -0.25) is 0 Å². The Labute approximate surface area is 67.0 Å². The molecule has 0 aliphatic heterocycles. The van der Waals surface area contributed by atoms with E-state index >= 15 is 0 Å². The first kappa shape index (κ1) is 10.1. The van der Waals surface area contributed by atoms with Crippen LogP contribution in [0.5, 0.6) is 0 Å². The molecule has 0 saturated carbocycles. The van der Waals surface area contributed by atoms with Crippen LogP contribution in [-0.4, -0.2) is 0 Å². The smallest absolute Gasteiger partial charge is 0.169 e. The Balaban J connectivity index is 0.000001000. The highest BCUT2D eigenvalue weighted by Gasteiger charge is 1.94. The quantitative estimate of drug-likeness (QED) is 0.467. The predicted octanol–water partition coefficient (Wildman–Crippen LogP) is -1.30. The summed E-state index contributed by atoms with van der Waals surface area (Å²) in [6.45, 7) is 5.42. The molecule has 0 aliphatic carbocycles. The molecule has 11 heavy (non-hydrogen) atoms. The molecule has 1 aromatic heterocycles. The molecule has 1 heterocycles. The largest absolute Gasteiger partial charge is 1.00 e. The summed E-state index contributed by atoms with van der Waals surface area (Å²) in [4.78, 5) is 0. The van der Waals surface area contributed by atoms with Crippen LogP contribution in [0.4, 0.5) is 0 Å². The molecular weight excluding hydrogens is 141 g/mol. The lowest BCUT2D eigenvalue weighted by atomic mass is 10.3. The van der Waals surface area contributed by atoms with Gasteiger partial charge in [-0.1, -0.05) is 6.92 Å². The van der Waals surface area contributed by atoms with Crippen LogP contribution in [0.2, 0.25) is 0 Å². The zero-order valence-electron chi connectivity index (χ0n) is 7.05. The highest BCUT2D eigenvalue weighted by Crippen LogP contribution is 1.89. The molecule has 1 aromatic rings. The van der Waals surface area contributed by atoms with Crippen LogP contribution < -0.4 is 9.27 Å². The standard InChI is InChI=1S/C9H14N.FH/c1-3-6-10-7-4-9(2)5-8-10;/h4-5,7-8H,3,6H2,1-2H3;1H/q+1;/p-1. The minimum atomic E-state index is 0. The zero-order valence-corrected chi connectivity index (χ0v) is 7.05. The summed E-state index contributed by atoms with van der Waals surface area (Å²) < 4.78 is 2.20. The average Bonchev–Trinajstić information content (AvgIpc) is 1.95. The Morgan fingerprint density at radius 2 is 1.82 bits per heavy atom. The molecule has 1 nitrogen and oxygen atoms in total. The summed E-state index contributed by atoms with van der Waals surface area (Å²) in [7, 11) is 0. The van der Waals surface area contributed by atoms with Crippen molar-refractivity contribution in [3.63, 3.8) is 0 Å². The van der Waals surface area contributed by atoms with E-state index in [1.807, 2.05) is 0 Å². The van der Waals surface area contributed by atoms with E-state index < -0.39 is 0 Å². The van der Waals surface area contributed by atoms with Crippen LogP contribution in [0.1, 0.15) is 18.9 Å². The molecule has 0 aliphatic rings. The third kappa shape index (κ3) is 3.12. The molecule has 0 bridgehead atoms. The molecule has 0 unspecified atom stereocenters. The molecule has 0 radical (unpaired) electrons. The normalized spacial score (nSPS) is 8.91. The fraction of sp³-hybridized carbons (Fsp3) is 0.444. The van der Waals surface area contributed by atoms with Gasteiger partial charge in [-0.2, -0.15) is 0 Å². The summed E-state index contributed by atoms with van der Waals surface area (Å²) in [5, 5.41) is 0. The van der Waals surface area contributed by atoms with Gasteiger partial charge in [-0.25, -0.2) is 4.57 Å². The maximum Gasteiger partial charge on any atom is 0.169 e. The molecule has 0 amide bonds. The van der Waals surface area contributed by atoms with Gasteiger partial charge < -0.3 is 4.70 Å². The van der Waals surface area contributed by atoms with E-state index in [9.17, 15) is 0 Å². The molecule has 0 atom stereocenters. The van der Waals surface area contributed by atoms with Gasteiger partial charge in [0.05, 0.1) is 0 Å². The maximum atomic E-state index is 2.20. The number of hydrogen-bond donors (Lipinski definition) is 0. The number of pyridine rings is 1. The van der Waals surface area contributed by atoms with Gasteiger partial charge in [0, 0.05) is 18.6 Å². The summed E-state index contributed by atoms with van der Waals surface area (Å²) >= 11 is 0. The molecule has 0 N–H and O–H groups in total. The molecule has 62 valence electrons. The van der Waals surface area contributed by atoms with E-state index in [0.717, 1.165) is 6.54 Å². The summed E-state index contributed by atoms with van der Waals surface area (Å²) in [5.41, 5.74) is 1.33. The van der Waals surface area contributed by atoms with E-state index in [1.54, 1.807) is 0 Å². The first-order valence-electron chi connectivity index (χ1n) is 3.78. The van der Waals surface area contributed by atoms with Crippen LogP contribution in [0, 0.1) is 6.92 Å².